The summed E-state index contributed by atoms with van der Waals surface area (Å²) in [6.45, 7) is 4.66. The Balaban J connectivity index is 0.938. The number of sulfonamides is 1. The average molecular weight is 839 g/mol. The van der Waals surface area contributed by atoms with Crippen LogP contribution < -0.4 is 19.7 Å². The number of carbonyl (C=O) groups is 1. The molecule has 1 saturated carbocycles. The number of aromatic amines is 1. The van der Waals surface area contributed by atoms with Gasteiger partial charge in [-0.2, -0.15) is 0 Å². The Kier molecular flexibility index (Phi) is 10.7. The Labute approximate surface area is 348 Å². The molecule has 2 aromatic heterocycles. The number of piperidine rings is 1. The van der Waals surface area contributed by atoms with Crippen LogP contribution in [0.2, 0.25) is 5.02 Å². The molecular formula is C43H47ClN8O6S. The number of nitro benzene ring substituents is 1. The van der Waals surface area contributed by atoms with E-state index >= 15 is 0 Å². The standard InChI is InChI=1S/C43H47ClN8O6S/c1-49-26-29-20-31(49)19-28(29)24-46-38-12-10-33(23-40(38)52(54)55)59(56,57)48-43(53)36-11-9-30(22-41(36)58-32-21-27-13-14-45-42(27)47-25-32)50-15-17-51(18-16-50)39-8-3-2-5-34-35(39)6-4-7-37(34)44/h4,6-7,9-14,21-23,25,28-29,31,39,46H,2-3,5,8,15-20,24,26H2,1H3,(H,45,47)(H,48,53)/t28?,29?,31?,39-/m1/s1. The van der Waals surface area contributed by atoms with Crippen molar-refractivity contribution in [1.29, 1.82) is 0 Å². The van der Waals surface area contributed by atoms with Crippen LogP contribution in [0.25, 0.3) is 11.0 Å². The van der Waals surface area contributed by atoms with Gasteiger partial charge in [-0.1, -0.05) is 30.2 Å². The van der Waals surface area contributed by atoms with E-state index in [0.29, 0.717) is 41.9 Å². The predicted molar refractivity (Wildman–Crippen MR) is 227 cm³/mol. The quantitative estimate of drug-likeness (QED) is 0.0691. The van der Waals surface area contributed by atoms with E-state index in [1.807, 2.05) is 18.2 Å². The third-order valence-electron chi connectivity index (χ3n) is 12.8. The molecule has 9 rings (SSSR count). The average Bonchev–Trinajstić information content (AvgIpc) is 3.92. The van der Waals surface area contributed by atoms with E-state index < -0.39 is 25.7 Å². The molecule has 3 aromatic carbocycles. The lowest BCUT2D eigenvalue weighted by atomic mass is 9.94. The van der Waals surface area contributed by atoms with Crippen molar-refractivity contribution >= 4 is 55.6 Å². The van der Waals surface area contributed by atoms with E-state index in [1.165, 1.54) is 29.5 Å². The molecule has 308 valence electrons. The van der Waals surface area contributed by atoms with Gasteiger partial charge in [0.25, 0.3) is 21.6 Å². The van der Waals surface area contributed by atoms with Crippen LogP contribution in [0.3, 0.4) is 0 Å². The summed E-state index contributed by atoms with van der Waals surface area (Å²) in [5, 5.41) is 17.0. The highest BCUT2D eigenvalue weighted by Crippen LogP contribution is 2.42. The smallest absolute Gasteiger partial charge is 0.293 e. The lowest BCUT2D eigenvalue weighted by Gasteiger charge is -2.40. The number of piperazine rings is 1. The van der Waals surface area contributed by atoms with Gasteiger partial charge in [0, 0.05) is 85.8 Å². The summed E-state index contributed by atoms with van der Waals surface area (Å²) in [5.41, 5.74) is 3.88. The molecule has 2 bridgehead atoms. The van der Waals surface area contributed by atoms with Crippen LogP contribution in [0.5, 0.6) is 11.5 Å². The van der Waals surface area contributed by atoms with Crippen molar-refractivity contribution in [3.8, 4) is 11.5 Å². The molecule has 14 nitrogen and oxygen atoms in total. The molecule has 0 spiro atoms. The van der Waals surface area contributed by atoms with Crippen LogP contribution in [0, 0.1) is 22.0 Å². The van der Waals surface area contributed by atoms with Gasteiger partial charge in [-0.3, -0.25) is 19.8 Å². The van der Waals surface area contributed by atoms with E-state index in [9.17, 15) is 23.3 Å². The van der Waals surface area contributed by atoms with E-state index in [0.717, 1.165) is 93.4 Å². The van der Waals surface area contributed by atoms with Crippen LogP contribution >= 0.6 is 11.6 Å². The maximum atomic E-state index is 13.9. The molecule has 0 radical (unpaired) electrons. The van der Waals surface area contributed by atoms with Crippen molar-refractivity contribution in [3.05, 3.63) is 111 Å². The fourth-order valence-electron chi connectivity index (χ4n) is 9.69. The number of nitrogens with zero attached hydrogens (tertiary/aromatic N) is 5. The van der Waals surface area contributed by atoms with Gasteiger partial charge in [-0.25, -0.2) is 18.1 Å². The second-order valence-corrected chi connectivity index (χ2v) is 18.4. The van der Waals surface area contributed by atoms with Crippen molar-refractivity contribution in [2.75, 3.05) is 56.5 Å². The monoisotopic (exact) mass is 838 g/mol. The van der Waals surface area contributed by atoms with Gasteiger partial charge in [-0.05, 0) is 105 Å². The lowest BCUT2D eigenvalue weighted by molar-refractivity contribution is -0.384. The molecule has 2 aliphatic heterocycles. The van der Waals surface area contributed by atoms with Gasteiger partial charge < -0.3 is 24.8 Å². The predicted octanol–water partition coefficient (Wildman–Crippen LogP) is 7.38. The number of ether oxygens (including phenoxy) is 1. The molecule has 3 unspecified atom stereocenters. The number of anilines is 2. The van der Waals surface area contributed by atoms with Gasteiger partial charge >= 0.3 is 0 Å². The number of nitrogens with one attached hydrogen (secondary N) is 3. The highest BCUT2D eigenvalue weighted by Gasteiger charge is 2.42. The van der Waals surface area contributed by atoms with Crippen LogP contribution in [-0.4, -0.2) is 91.4 Å². The number of carbonyl (C=O) groups excluding carboxylic acids is 1. The Morgan fingerprint density at radius 1 is 1.05 bits per heavy atom. The van der Waals surface area contributed by atoms with Crippen LogP contribution in [0.4, 0.5) is 17.1 Å². The fraction of sp³-hybridized carbons (Fsp3) is 0.395. The Bertz CT molecular complexity index is 2520. The maximum Gasteiger partial charge on any atom is 0.293 e. The second kappa shape index (κ2) is 16.1. The number of nitro groups is 1. The van der Waals surface area contributed by atoms with Gasteiger partial charge in [0.15, 0.2) is 0 Å². The molecule has 3 fully saturated rings. The highest BCUT2D eigenvalue weighted by atomic mass is 35.5. The Morgan fingerprint density at radius 3 is 2.68 bits per heavy atom. The zero-order valence-electron chi connectivity index (χ0n) is 32.8. The van der Waals surface area contributed by atoms with E-state index in [2.05, 4.69) is 47.8 Å². The molecule has 4 aliphatic rings. The Morgan fingerprint density at radius 2 is 1.90 bits per heavy atom. The van der Waals surface area contributed by atoms with Crippen LogP contribution in [-0.2, 0) is 16.4 Å². The summed E-state index contributed by atoms with van der Waals surface area (Å²) in [4.78, 5) is 39.7. The van der Waals surface area contributed by atoms with Crippen LogP contribution in [0.15, 0.2) is 84.0 Å². The minimum Gasteiger partial charge on any atom is -0.455 e. The topological polar surface area (TPSA) is 166 Å². The van der Waals surface area contributed by atoms with Crippen molar-refractivity contribution in [2.24, 2.45) is 11.8 Å². The molecule has 2 saturated heterocycles. The van der Waals surface area contributed by atoms with E-state index in [1.54, 1.807) is 30.5 Å². The largest absolute Gasteiger partial charge is 0.455 e. The number of H-pyrrole nitrogens is 1. The van der Waals surface area contributed by atoms with E-state index in [-0.39, 0.29) is 22.7 Å². The zero-order valence-corrected chi connectivity index (χ0v) is 34.3. The zero-order chi connectivity index (χ0) is 40.8. The summed E-state index contributed by atoms with van der Waals surface area (Å²) in [5.74, 6) is 0.472. The third kappa shape index (κ3) is 7.96. The number of likely N-dealkylation sites (tertiary alicyclic amines) is 1. The van der Waals surface area contributed by atoms with Crippen molar-refractivity contribution in [2.45, 2.75) is 55.5 Å². The maximum absolute atomic E-state index is 13.9. The van der Waals surface area contributed by atoms with Gasteiger partial charge in [0.05, 0.1) is 21.6 Å². The lowest BCUT2D eigenvalue weighted by Crippen LogP contribution is -2.47. The molecule has 4 atom stereocenters. The molecule has 1 amide bonds. The number of pyridine rings is 1. The minimum absolute atomic E-state index is 0.0265. The molecule has 3 N–H and O–H groups in total. The third-order valence-corrected chi connectivity index (χ3v) is 14.5. The first-order chi connectivity index (χ1) is 28.5. The van der Waals surface area contributed by atoms with Crippen molar-refractivity contribution in [3.63, 3.8) is 0 Å². The summed E-state index contributed by atoms with van der Waals surface area (Å²) in [6.07, 6.45) is 9.76. The number of rotatable bonds is 11. The summed E-state index contributed by atoms with van der Waals surface area (Å²) in [6, 6.07) is 19.4. The number of halogens is 1. The molecule has 2 aliphatic carbocycles. The minimum atomic E-state index is -4.54. The van der Waals surface area contributed by atoms with Gasteiger partial charge in [0.1, 0.15) is 22.8 Å². The fourth-order valence-corrected chi connectivity index (χ4v) is 11.0. The number of fused-ring (bicyclic) bond motifs is 4. The first kappa shape index (κ1) is 39.3. The van der Waals surface area contributed by atoms with Gasteiger partial charge in [-0.15, -0.1) is 0 Å². The summed E-state index contributed by atoms with van der Waals surface area (Å²) in [7, 11) is -2.42. The van der Waals surface area contributed by atoms with Gasteiger partial charge in [0.2, 0.25) is 0 Å². The molecule has 16 heteroatoms. The highest BCUT2D eigenvalue weighted by molar-refractivity contribution is 7.90. The molecule has 59 heavy (non-hydrogen) atoms. The number of amides is 1. The summed E-state index contributed by atoms with van der Waals surface area (Å²) < 4.78 is 35.9. The molecular weight excluding hydrogens is 792 g/mol. The SMILES string of the molecule is CN1CC2CC1CC2CNc1ccc(S(=O)(=O)NC(=O)c2ccc(N3CCN([C@@H]4CCCCc5c(Cl)cccc54)CC3)cc2Oc2cnc3[nH]ccc3c2)cc1[N+](=O)[O-]. The molecule has 4 heterocycles. The Hall–Kier alpha value is -5.22. The number of hydrogen-bond acceptors (Lipinski definition) is 11. The van der Waals surface area contributed by atoms with Crippen molar-refractivity contribution < 1.29 is 22.9 Å². The molecule has 5 aromatic rings. The number of benzene rings is 3. The normalized spacial score (nSPS) is 22.2. The number of hydrogen-bond donors (Lipinski definition) is 3. The van der Waals surface area contributed by atoms with Crippen molar-refractivity contribution in [1.82, 2.24) is 24.5 Å². The second-order valence-electron chi connectivity index (χ2n) is 16.3. The number of aromatic nitrogens is 2. The first-order valence-electron chi connectivity index (χ1n) is 20.3. The van der Waals surface area contributed by atoms with E-state index in [4.69, 9.17) is 16.3 Å². The van der Waals surface area contributed by atoms with Crippen LogP contribution in [0.1, 0.15) is 59.6 Å². The first-order valence-corrected chi connectivity index (χ1v) is 22.2. The summed E-state index contributed by atoms with van der Waals surface area (Å²) >= 11 is 6.65.